The van der Waals surface area contributed by atoms with Gasteiger partial charge in [0.2, 0.25) is 0 Å². The van der Waals surface area contributed by atoms with E-state index in [1.54, 1.807) is 11.0 Å². The number of alkyl halides is 3. The SMILES string of the molecule is CCCOC(=O)N1CCc2c([nH]c3ccc(Cl)cc23)C1c1ccc(C(F)(F)F)cc1. The highest BCUT2D eigenvalue weighted by molar-refractivity contribution is 6.31. The molecule has 3 aromatic rings. The van der Waals surface area contributed by atoms with Crippen LogP contribution in [0, 0.1) is 0 Å². The molecular formula is C22H20ClF3N2O2. The number of ether oxygens (including phenoxy) is 1. The van der Waals surface area contributed by atoms with Gasteiger partial charge in [0.05, 0.1) is 12.2 Å². The first-order valence-electron chi connectivity index (χ1n) is 9.70. The van der Waals surface area contributed by atoms with Crippen molar-refractivity contribution in [1.82, 2.24) is 9.88 Å². The lowest BCUT2D eigenvalue weighted by molar-refractivity contribution is -0.137. The number of carbonyl (C=O) groups excluding carboxylic acids is 1. The summed E-state index contributed by atoms with van der Waals surface area (Å²) in [5.41, 5.74) is 2.50. The Morgan fingerprint density at radius 1 is 1.23 bits per heavy atom. The molecule has 0 radical (unpaired) electrons. The number of aromatic amines is 1. The van der Waals surface area contributed by atoms with Crippen LogP contribution in [0.3, 0.4) is 0 Å². The standard InChI is InChI=1S/C22H20ClF3N2O2/c1-2-11-30-21(29)28-10-9-16-17-12-15(23)7-8-18(17)27-19(16)20(28)13-3-5-14(6-4-13)22(24,25)26/h3-8,12,20,27H,2,9-11H2,1H3. The summed E-state index contributed by atoms with van der Waals surface area (Å²) in [5, 5.41) is 1.55. The molecule has 0 fully saturated rings. The molecule has 2 heterocycles. The zero-order valence-electron chi connectivity index (χ0n) is 16.2. The van der Waals surface area contributed by atoms with E-state index in [0.29, 0.717) is 30.0 Å². The molecule has 1 aliphatic heterocycles. The largest absolute Gasteiger partial charge is 0.449 e. The lowest BCUT2D eigenvalue weighted by atomic mass is 9.92. The first-order chi connectivity index (χ1) is 14.3. The highest BCUT2D eigenvalue weighted by Gasteiger charge is 2.36. The number of rotatable bonds is 3. The van der Waals surface area contributed by atoms with E-state index in [2.05, 4.69) is 4.98 Å². The maximum absolute atomic E-state index is 13.0. The lowest BCUT2D eigenvalue weighted by Crippen LogP contribution is -2.41. The van der Waals surface area contributed by atoms with Crippen molar-refractivity contribution in [2.24, 2.45) is 0 Å². The smallest absolute Gasteiger partial charge is 0.416 e. The molecule has 158 valence electrons. The van der Waals surface area contributed by atoms with Gasteiger partial charge in [0.25, 0.3) is 0 Å². The number of hydrogen-bond acceptors (Lipinski definition) is 2. The Morgan fingerprint density at radius 3 is 2.63 bits per heavy atom. The quantitative estimate of drug-likeness (QED) is 0.521. The summed E-state index contributed by atoms with van der Waals surface area (Å²) in [5.74, 6) is 0. The molecule has 1 aliphatic rings. The molecule has 30 heavy (non-hydrogen) atoms. The van der Waals surface area contributed by atoms with E-state index in [0.717, 1.165) is 34.3 Å². The number of carbonyl (C=O) groups is 1. The van der Waals surface area contributed by atoms with Crippen LogP contribution < -0.4 is 0 Å². The van der Waals surface area contributed by atoms with Crippen molar-refractivity contribution in [3.63, 3.8) is 0 Å². The van der Waals surface area contributed by atoms with Crippen LogP contribution in [0.1, 0.15) is 41.8 Å². The first-order valence-corrected chi connectivity index (χ1v) is 10.1. The molecule has 1 N–H and O–H groups in total. The number of H-pyrrole nitrogens is 1. The van der Waals surface area contributed by atoms with Crippen LogP contribution in [0.15, 0.2) is 42.5 Å². The number of hydrogen-bond donors (Lipinski definition) is 1. The Bertz CT molecular complexity index is 1080. The molecule has 1 atom stereocenters. The summed E-state index contributed by atoms with van der Waals surface area (Å²) in [7, 11) is 0. The minimum absolute atomic E-state index is 0.282. The van der Waals surface area contributed by atoms with Crippen molar-refractivity contribution in [3.8, 4) is 0 Å². The van der Waals surface area contributed by atoms with Crippen LogP contribution in [-0.4, -0.2) is 29.1 Å². The topological polar surface area (TPSA) is 45.3 Å². The van der Waals surface area contributed by atoms with Crippen LogP contribution in [0.2, 0.25) is 5.02 Å². The number of fused-ring (bicyclic) bond motifs is 3. The Labute approximate surface area is 176 Å². The Kier molecular flexibility index (Phi) is 5.40. The van der Waals surface area contributed by atoms with Gasteiger partial charge in [0.15, 0.2) is 0 Å². The molecule has 4 rings (SSSR count). The summed E-state index contributed by atoms with van der Waals surface area (Å²) in [4.78, 5) is 17.6. The van der Waals surface area contributed by atoms with Gasteiger partial charge in [0.1, 0.15) is 6.04 Å². The van der Waals surface area contributed by atoms with Gasteiger partial charge in [-0.25, -0.2) is 4.79 Å². The average Bonchev–Trinajstić information content (AvgIpc) is 3.08. The fourth-order valence-electron chi connectivity index (χ4n) is 3.93. The van der Waals surface area contributed by atoms with Crippen LogP contribution >= 0.6 is 11.6 Å². The average molecular weight is 437 g/mol. The van der Waals surface area contributed by atoms with Gasteiger partial charge in [-0.3, -0.25) is 4.90 Å². The predicted octanol–water partition coefficient (Wildman–Crippen LogP) is 6.33. The maximum atomic E-state index is 13.0. The minimum Gasteiger partial charge on any atom is -0.449 e. The summed E-state index contributed by atoms with van der Waals surface area (Å²) in [6.45, 7) is 2.57. The normalized spacial score (nSPS) is 16.6. The van der Waals surface area contributed by atoms with Crippen LogP contribution in [-0.2, 0) is 17.3 Å². The monoisotopic (exact) mass is 436 g/mol. The van der Waals surface area contributed by atoms with E-state index in [1.165, 1.54) is 12.1 Å². The molecule has 8 heteroatoms. The summed E-state index contributed by atoms with van der Waals surface area (Å²) >= 11 is 6.16. The molecule has 2 aromatic carbocycles. The second-order valence-corrected chi connectivity index (χ2v) is 7.72. The number of halogens is 4. The van der Waals surface area contributed by atoms with Gasteiger partial charge < -0.3 is 9.72 Å². The summed E-state index contributed by atoms with van der Waals surface area (Å²) in [6, 6.07) is 9.83. The van der Waals surface area contributed by atoms with Crippen molar-refractivity contribution in [2.75, 3.05) is 13.2 Å². The number of benzene rings is 2. The fourth-order valence-corrected chi connectivity index (χ4v) is 4.10. The maximum Gasteiger partial charge on any atom is 0.416 e. The van der Waals surface area contributed by atoms with Gasteiger partial charge in [0, 0.05) is 28.2 Å². The third-order valence-corrected chi connectivity index (χ3v) is 5.54. The van der Waals surface area contributed by atoms with E-state index < -0.39 is 23.9 Å². The van der Waals surface area contributed by atoms with E-state index in [4.69, 9.17) is 16.3 Å². The predicted molar refractivity (Wildman–Crippen MR) is 109 cm³/mol. The highest BCUT2D eigenvalue weighted by Crippen LogP contribution is 2.40. The number of amides is 1. The first kappa shape index (κ1) is 20.6. The third-order valence-electron chi connectivity index (χ3n) is 5.31. The van der Waals surface area contributed by atoms with E-state index in [1.807, 2.05) is 19.1 Å². The Morgan fingerprint density at radius 2 is 1.97 bits per heavy atom. The molecule has 0 saturated heterocycles. The Balaban J connectivity index is 1.81. The van der Waals surface area contributed by atoms with E-state index in [9.17, 15) is 18.0 Å². The number of aromatic nitrogens is 1. The number of nitrogens with one attached hydrogen (secondary N) is 1. The molecule has 1 unspecified atom stereocenters. The van der Waals surface area contributed by atoms with Crippen molar-refractivity contribution in [1.29, 1.82) is 0 Å². The lowest BCUT2D eigenvalue weighted by Gasteiger charge is -2.35. The van der Waals surface area contributed by atoms with Crippen LogP contribution in [0.25, 0.3) is 10.9 Å². The van der Waals surface area contributed by atoms with E-state index >= 15 is 0 Å². The molecule has 4 nitrogen and oxygen atoms in total. The molecule has 0 bridgehead atoms. The van der Waals surface area contributed by atoms with Gasteiger partial charge in [-0.2, -0.15) is 13.2 Å². The molecule has 0 saturated carbocycles. The molecular weight excluding hydrogens is 417 g/mol. The van der Waals surface area contributed by atoms with Gasteiger partial charge in [-0.1, -0.05) is 30.7 Å². The molecule has 1 amide bonds. The van der Waals surface area contributed by atoms with Crippen molar-refractivity contribution in [2.45, 2.75) is 32.0 Å². The fraction of sp³-hybridized carbons (Fsp3) is 0.318. The molecule has 1 aromatic heterocycles. The molecule has 0 spiro atoms. The second kappa shape index (κ2) is 7.87. The van der Waals surface area contributed by atoms with Crippen molar-refractivity contribution in [3.05, 3.63) is 69.9 Å². The van der Waals surface area contributed by atoms with Gasteiger partial charge in [-0.05, 0) is 54.3 Å². The zero-order chi connectivity index (χ0) is 21.5. The summed E-state index contributed by atoms with van der Waals surface area (Å²) < 4.78 is 44.4. The van der Waals surface area contributed by atoms with Gasteiger partial charge in [-0.15, -0.1) is 0 Å². The Hall–Kier alpha value is -2.67. The second-order valence-electron chi connectivity index (χ2n) is 7.29. The zero-order valence-corrected chi connectivity index (χ0v) is 17.0. The summed E-state index contributed by atoms with van der Waals surface area (Å²) in [6.07, 6.45) is -3.63. The van der Waals surface area contributed by atoms with Gasteiger partial charge >= 0.3 is 12.3 Å². The van der Waals surface area contributed by atoms with Crippen LogP contribution in [0.5, 0.6) is 0 Å². The number of nitrogens with zero attached hydrogens (tertiary/aromatic N) is 1. The van der Waals surface area contributed by atoms with Crippen LogP contribution in [0.4, 0.5) is 18.0 Å². The highest BCUT2D eigenvalue weighted by atomic mass is 35.5. The third kappa shape index (κ3) is 3.74. The molecule has 0 aliphatic carbocycles. The van der Waals surface area contributed by atoms with Crippen molar-refractivity contribution >= 4 is 28.6 Å². The van der Waals surface area contributed by atoms with Crippen molar-refractivity contribution < 1.29 is 22.7 Å². The van der Waals surface area contributed by atoms with E-state index in [-0.39, 0.29) is 6.61 Å². The minimum atomic E-state index is -4.42.